The molecule has 0 bridgehead atoms. The third kappa shape index (κ3) is 1.96. The zero-order valence-electron chi connectivity index (χ0n) is 7.65. The average Bonchev–Trinajstić information content (AvgIpc) is 2.53. The summed E-state index contributed by atoms with van der Waals surface area (Å²) in [5.74, 6) is 0.0996. The fourth-order valence-electron chi connectivity index (χ4n) is 1.19. The molecule has 0 amide bonds. The molecule has 0 saturated carbocycles. The summed E-state index contributed by atoms with van der Waals surface area (Å²) in [4.78, 5) is 11.5. The van der Waals surface area contributed by atoms with Gasteiger partial charge in [-0.15, -0.1) is 11.3 Å². The lowest BCUT2D eigenvalue weighted by atomic mass is 9.94. The number of hydrogen-bond acceptors (Lipinski definition) is 3. The lowest BCUT2D eigenvalue weighted by Gasteiger charge is -2.11. The summed E-state index contributed by atoms with van der Waals surface area (Å²) >= 11 is 1.48. The summed E-state index contributed by atoms with van der Waals surface area (Å²) in [5.41, 5.74) is 0.658. The van der Waals surface area contributed by atoms with Gasteiger partial charge in [-0.1, -0.05) is 13.8 Å². The van der Waals surface area contributed by atoms with Gasteiger partial charge in [-0.3, -0.25) is 4.79 Å². The van der Waals surface area contributed by atoms with Gasteiger partial charge < -0.3 is 0 Å². The highest BCUT2D eigenvalue weighted by Crippen LogP contribution is 2.30. The summed E-state index contributed by atoms with van der Waals surface area (Å²) < 4.78 is 0. The third-order valence-corrected chi connectivity index (χ3v) is 2.96. The van der Waals surface area contributed by atoms with Crippen LogP contribution in [0, 0.1) is 17.2 Å². The van der Waals surface area contributed by atoms with Crippen LogP contribution in [0.25, 0.3) is 0 Å². The van der Waals surface area contributed by atoms with Crippen LogP contribution in [0.3, 0.4) is 0 Å². The molecule has 0 radical (unpaired) electrons. The highest BCUT2D eigenvalue weighted by atomic mass is 32.1. The molecule has 68 valence electrons. The first kappa shape index (κ1) is 9.94. The maximum absolute atomic E-state index is 10.6. The lowest BCUT2D eigenvalue weighted by molar-refractivity contribution is 0.112. The van der Waals surface area contributed by atoms with E-state index in [0.717, 1.165) is 11.2 Å². The molecule has 0 aromatic carbocycles. The Hall–Kier alpha value is -1.14. The topological polar surface area (TPSA) is 40.9 Å². The molecule has 0 fully saturated rings. The van der Waals surface area contributed by atoms with Crippen LogP contribution >= 0.6 is 11.3 Å². The van der Waals surface area contributed by atoms with Gasteiger partial charge in [-0.2, -0.15) is 5.26 Å². The molecule has 0 aliphatic rings. The van der Waals surface area contributed by atoms with Crippen molar-refractivity contribution >= 4 is 17.6 Å². The molecular formula is C10H11NOS. The lowest BCUT2D eigenvalue weighted by Crippen LogP contribution is -2.04. The monoisotopic (exact) mass is 193 g/mol. The minimum absolute atomic E-state index is 0.153. The molecule has 3 heteroatoms. The zero-order valence-corrected chi connectivity index (χ0v) is 8.47. The molecule has 0 N–H and O–H groups in total. The summed E-state index contributed by atoms with van der Waals surface area (Å²) in [5, 5.41) is 10.8. The second kappa shape index (κ2) is 4.20. The van der Waals surface area contributed by atoms with Gasteiger partial charge in [-0.05, 0) is 17.4 Å². The Bertz CT molecular complexity index is 335. The average molecular weight is 193 g/mol. The van der Waals surface area contributed by atoms with E-state index < -0.39 is 0 Å². The highest BCUT2D eigenvalue weighted by molar-refractivity contribution is 7.10. The van der Waals surface area contributed by atoms with E-state index in [-0.39, 0.29) is 11.8 Å². The normalized spacial score (nSPS) is 12.5. The number of rotatable bonds is 3. The van der Waals surface area contributed by atoms with Crippen LogP contribution in [0.5, 0.6) is 0 Å². The Balaban J connectivity index is 3.05. The highest BCUT2D eigenvalue weighted by Gasteiger charge is 2.19. The number of hydrogen-bond donors (Lipinski definition) is 0. The van der Waals surface area contributed by atoms with Gasteiger partial charge in [0, 0.05) is 10.4 Å². The van der Waals surface area contributed by atoms with Crippen molar-refractivity contribution in [3.8, 4) is 6.07 Å². The van der Waals surface area contributed by atoms with Crippen molar-refractivity contribution in [2.24, 2.45) is 5.92 Å². The fourth-order valence-corrected chi connectivity index (χ4v) is 2.28. The first-order chi connectivity index (χ1) is 6.20. The Kier molecular flexibility index (Phi) is 3.21. The molecular weight excluding hydrogens is 182 g/mol. The number of carbonyl (C=O) groups excluding carboxylic acids is 1. The number of aldehydes is 1. The van der Waals surface area contributed by atoms with Gasteiger partial charge in [0.25, 0.3) is 0 Å². The number of nitrogens with zero attached hydrogens (tertiary/aromatic N) is 1. The summed E-state index contributed by atoms with van der Waals surface area (Å²) in [6.07, 6.45) is 0.818. The largest absolute Gasteiger partial charge is 0.298 e. The van der Waals surface area contributed by atoms with Crippen molar-refractivity contribution in [3.05, 3.63) is 21.9 Å². The second-order valence-corrected chi connectivity index (χ2v) is 4.16. The molecule has 1 aromatic rings. The SMILES string of the molecule is CC(C)C(C#N)c1sccc1C=O. The molecule has 0 aliphatic carbocycles. The number of carbonyl (C=O) groups is 1. The van der Waals surface area contributed by atoms with Crippen LogP contribution in [-0.4, -0.2) is 6.29 Å². The van der Waals surface area contributed by atoms with Gasteiger partial charge in [0.2, 0.25) is 0 Å². The van der Waals surface area contributed by atoms with E-state index in [1.807, 2.05) is 19.2 Å². The molecule has 2 nitrogen and oxygen atoms in total. The Morgan fingerprint density at radius 3 is 2.77 bits per heavy atom. The summed E-state index contributed by atoms with van der Waals surface area (Å²) in [7, 11) is 0. The third-order valence-electron chi connectivity index (χ3n) is 1.94. The van der Waals surface area contributed by atoms with Gasteiger partial charge >= 0.3 is 0 Å². The second-order valence-electron chi connectivity index (χ2n) is 3.21. The Morgan fingerprint density at radius 2 is 2.31 bits per heavy atom. The number of nitriles is 1. The van der Waals surface area contributed by atoms with Crippen LogP contribution in [0.1, 0.15) is 35.0 Å². The van der Waals surface area contributed by atoms with Crippen molar-refractivity contribution in [1.82, 2.24) is 0 Å². The maximum Gasteiger partial charge on any atom is 0.151 e. The molecule has 1 unspecified atom stereocenters. The molecule has 0 aliphatic heterocycles. The predicted octanol–water partition coefficient (Wildman–Crippen LogP) is 2.82. The summed E-state index contributed by atoms with van der Waals surface area (Å²) in [6, 6.07) is 3.99. The van der Waals surface area contributed by atoms with Gasteiger partial charge in [0.05, 0.1) is 12.0 Å². The van der Waals surface area contributed by atoms with E-state index in [2.05, 4.69) is 6.07 Å². The van der Waals surface area contributed by atoms with E-state index in [9.17, 15) is 4.79 Å². The van der Waals surface area contributed by atoms with Crippen LogP contribution < -0.4 is 0 Å². The fraction of sp³-hybridized carbons (Fsp3) is 0.400. The van der Waals surface area contributed by atoms with E-state index >= 15 is 0 Å². The minimum Gasteiger partial charge on any atom is -0.298 e. The quantitative estimate of drug-likeness (QED) is 0.692. The van der Waals surface area contributed by atoms with Crippen LogP contribution in [-0.2, 0) is 0 Å². The first-order valence-electron chi connectivity index (χ1n) is 4.13. The molecule has 1 atom stereocenters. The molecule has 1 rings (SSSR count). The van der Waals surface area contributed by atoms with Crippen LogP contribution in [0.15, 0.2) is 11.4 Å². The molecule has 13 heavy (non-hydrogen) atoms. The van der Waals surface area contributed by atoms with Gasteiger partial charge in [0.15, 0.2) is 6.29 Å². The zero-order chi connectivity index (χ0) is 9.84. The van der Waals surface area contributed by atoms with Gasteiger partial charge in [0.1, 0.15) is 0 Å². The minimum atomic E-state index is -0.153. The summed E-state index contributed by atoms with van der Waals surface area (Å²) in [6.45, 7) is 3.98. The molecule has 0 spiro atoms. The van der Waals surface area contributed by atoms with Crippen molar-refractivity contribution in [1.29, 1.82) is 5.26 Å². The molecule has 0 saturated heterocycles. The Morgan fingerprint density at radius 1 is 1.62 bits per heavy atom. The van der Waals surface area contributed by atoms with Gasteiger partial charge in [-0.25, -0.2) is 0 Å². The van der Waals surface area contributed by atoms with E-state index in [1.165, 1.54) is 11.3 Å². The van der Waals surface area contributed by atoms with Crippen molar-refractivity contribution < 1.29 is 4.79 Å². The molecule has 1 heterocycles. The molecule has 1 aromatic heterocycles. The first-order valence-corrected chi connectivity index (χ1v) is 5.00. The smallest absolute Gasteiger partial charge is 0.151 e. The maximum atomic E-state index is 10.6. The predicted molar refractivity (Wildman–Crippen MR) is 52.9 cm³/mol. The van der Waals surface area contributed by atoms with E-state index in [1.54, 1.807) is 6.07 Å². The number of thiophene rings is 1. The van der Waals surface area contributed by atoms with Crippen LogP contribution in [0.4, 0.5) is 0 Å². The standard InChI is InChI=1S/C10H11NOS/c1-7(2)9(5-11)10-8(6-12)3-4-13-10/h3-4,6-7,9H,1-2H3. The van der Waals surface area contributed by atoms with E-state index in [0.29, 0.717) is 5.56 Å². The van der Waals surface area contributed by atoms with Crippen molar-refractivity contribution in [2.45, 2.75) is 19.8 Å². The Labute approximate surface area is 81.8 Å². The van der Waals surface area contributed by atoms with Crippen LogP contribution in [0.2, 0.25) is 0 Å². The van der Waals surface area contributed by atoms with Crippen molar-refractivity contribution in [3.63, 3.8) is 0 Å². The van der Waals surface area contributed by atoms with E-state index in [4.69, 9.17) is 5.26 Å². The van der Waals surface area contributed by atoms with Crippen molar-refractivity contribution in [2.75, 3.05) is 0 Å².